The first-order chi connectivity index (χ1) is 1.73. The second kappa shape index (κ2) is 24.4. The molecule has 5 heteroatoms. The van der Waals surface area contributed by atoms with Gasteiger partial charge in [0.25, 0.3) is 0 Å². The van der Waals surface area contributed by atoms with Crippen molar-refractivity contribution >= 4 is 59.8 Å². The number of Topliss-reactive ketones (excluding diaryl/α,β-unsaturated/α-hetero) is 1. The highest BCUT2D eigenvalue weighted by Gasteiger charge is 1.62. The maximum absolute atomic E-state index is 9.44. The zero-order valence-electron chi connectivity index (χ0n) is 4.82. The van der Waals surface area contributed by atoms with Crippen LogP contribution >= 0.6 is 54.0 Å². The molecule has 0 aromatic carbocycles. The van der Waals surface area contributed by atoms with E-state index in [1.54, 1.807) is 0 Å². The zero-order chi connectivity index (χ0) is 3.58. The van der Waals surface area contributed by atoms with Crippen LogP contribution in [0.4, 0.5) is 0 Å². The normalized spacial score (nSPS) is 3.25. The number of carbonyl (C=O) groups excluding carboxylic acids is 1. The molecule has 0 atom stereocenters. The van der Waals surface area contributed by atoms with E-state index in [1.165, 1.54) is 13.8 Å². The summed E-state index contributed by atoms with van der Waals surface area (Å²) in [6, 6.07) is 0. The van der Waals surface area contributed by atoms with E-state index in [0.29, 0.717) is 0 Å². The molecule has 1 nitrogen and oxygen atoms in total. The largest absolute Gasteiger partial charge is 0.300 e. The van der Waals surface area contributed by atoms with Crippen molar-refractivity contribution in [3.8, 4) is 0 Å². The molecule has 0 aliphatic rings. The molecule has 0 unspecified atom stereocenters. The van der Waals surface area contributed by atoms with Crippen LogP contribution in [0.15, 0.2) is 0 Å². The molecule has 8 heavy (non-hydrogen) atoms. The number of ketones is 1. The lowest BCUT2D eigenvalue weighted by Crippen LogP contribution is -1.69. The highest BCUT2D eigenvalue weighted by atomic mass is 32.1. The molecule has 0 bridgehead atoms. The molecule has 0 aliphatic heterocycles. The van der Waals surface area contributed by atoms with Gasteiger partial charge in [-0.15, -0.1) is 0 Å². The van der Waals surface area contributed by atoms with Gasteiger partial charge in [0.15, 0.2) is 0 Å². The summed E-state index contributed by atoms with van der Waals surface area (Å²) in [7, 11) is 0. The van der Waals surface area contributed by atoms with Gasteiger partial charge < -0.3 is 4.79 Å². The summed E-state index contributed by atoms with van der Waals surface area (Å²) in [6.07, 6.45) is 0. The number of carbonyl (C=O) groups is 1. The summed E-state index contributed by atoms with van der Waals surface area (Å²) in [4.78, 5) is 9.44. The van der Waals surface area contributed by atoms with Crippen molar-refractivity contribution in [2.75, 3.05) is 0 Å². The van der Waals surface area contributed by atoms with Gasteiger partial charge in [-0.05, 0) is 13.8 Å². The molecule has 0 fully saturated rings. The third-order valence-corrected chi connectivity index (χ3v) is 0. The van der Waals surface area contributed by atoms with Gasteiger partial charge in [-0.25, -0.2) is 0 Å². The number of rotatable bonds is 0. The fraction of sp³-hybridized carbons (Fsp3) is 0.667. The van der Waals surface area contributed by atoms with Crippen LogP contribution < -0.4 is 0 Å². The Balaban J connectivity index is -0.00000000750. The van der Waals surface area contributed by atoms with E-state index in [0.717, 1.165) is 0 Å². The van der Waals surface area contributed by atoms with E-state index < -0.39 is 0 Å². The van der Waals surface area contributed by atoms with E-state index >= 15 is 0 Å². The van der Waals surface area contributed by atoms with Crippen molar-refractivity contribution in [1.82, 2.24) is 0 Å². The van der Waals surface area contributed by atoms with Gasteiger partial charge in [0.1, 0.15) is 5.78 Å². The van der Waals surface area contributed by atoms with Crippen molar-refractivity contribution in [1.29, 1.82) is 0 Å². The van der Waals surface area contributed by atoms with E-state index in [4.69, 9.17) is 0 Å². The highest BCUT2D eigenvalue weighted by molar-refractivity contribution is 7.59. The summed E-state index contributed by atoms with van der Waals surface area (Å²) in [6.45, 7) is 3.06. The van der Waals surface area contributed by atoms with E-state index in [1.807, 2.05) is 0 Å². The Morgan fingerprint density at radius 2 is 1.00 bits per heavy atom. The fourth-order valence-electron chi connectivity index (χ4n) is 0. The Morgan fingerprint density at radius 1 is 1.00 bits per heavy atom. The minimum atomic E-state index is 0. The van der Waals surface area contributed by atoms with Crippen LogP contribution in [0.1, 0.15) is 13.8 Å². The van der Waals surface area contributed by atoms with Gasteiger partial charge in [-0.1, -0.05) is 0 Å². The molecular formula is C3H12OS4. The molecule has 0 aromatic heterocycles. The fourth-order valence-corrected chi connectivity index (χ4v) is 0. The maximum atomic E-state index is 9.44. The average molecular weight is 192 g/mol. The first-order valence-electron chi connectivity index (χ1n) is 1.20. The van der Waals surface area contributed by atoms with Gasteiger partial charge >= 0.3 is 0 Å². The van der Waals surface area contributed by atoms with E-state index in [-0.39, 0.29) is 59.8 Å². The van der Waals surface area contributed by atoms with Crippen LogP contribution in [0.3, 0.4) is 0 Å². The van der Waals surface area contributed by atoms with Crippen LogP contribution in [-0.2, 0) is 4.79 Å². The minimum Gasteiger partial charge on any atom is -0.300 e. The van der Waals surface area contributed by atoms with Crippen molar-refractivity contribution < 1.29 is 4.79 Å². The van der Waals surface area contributed by atoms with Gasteiger partial charge in [0, 0.05) is 13.5 Å². The molecule has 0 N–H and O–H groups in total. The van der Waals surface area contributed by atoms with Crippen LogP contribution in [0.5, 0.6) is 0 Å². The van der Waals surface area contributed by atoms with Crippen LogP contribution in [0, 0.1) is 0 Å². The third-order valence-electron chi connectivity index (χ3n) is 0. The van der Waals surface area contributed by atoms with Gasteiger partial charge in [0.05, 0.1) is 0 Å². The summed E-state index contributed by atoms with van der Waals surface area (Å²) in [5.41, 5.74) is 0. The smallest absolute Gasteiger partial charge is 0.126 e. The van der Waals surface area contributed by atoms with Gasteiger partial charge in [-0.2, -0.15) is 40.5 Å². The van der Waals surface area contributed by atoms with Crippen molar-refractivity contribution in [3.63, 3.8) is 0 Å². The number of hydrogen-bond donors (Lipinski definition) is 0. The maximum Gasteiger partial charge on any atom is 0.126 e. The first-order valence-corrected chi connectivity index (χ1v) is 1.20. The lowest BCUT2D eigenvalue weighted by molar-refractivity contribution is -0.114. The number of hydrogen-bond acceptors (Lipinski definition) is 1. The lowest BCUT2D eigenvalue weighted by Gasteiger charge is -1.56. The Kier molecular flexibility index (Phi) is 109. The Labute approximate surface area is 78.4 Å². The topological polar surface area (TPSA) is 17.1 Å². The second-order valence-corrected chi connectivity index (χ2v) is 0.908. The molecule has 0 saturated carbocycles. The summed E-state index contributed by atoms with van der Waals surface area (Å²) in [5, 5.41) is 0. The molecule has 0 amide bonds. The summed E-state index contributed by atoms with van der Waals surface area (Å²) >= 11 is 0. The molecule has 0 spiro atoms. The molecule has 2 radical (unpaired) electrons. The summed E-state index contributed by atoms with van der Waals surface area (Å²) < 4.78 is 0. The minimum absolute atomic E-state index is 0. The summed E-state index contributed by atoms with van der Waals surface area (Å²) in [5.74, 6) is 0.167. The van der Waals surface area contributed by atoms with Crippen LogP contribution in [0.2, 0.25) is 0 Å². The van der Waals surface area contributed by atoms with E-state index in [2.05, 4.69) is 0 Å². The molecule has 0 rings (SSSR count). The standard InChI is InChI=1S/C3H6O.3H2S.S/c1-3(2)4;;;;/h1-2H3;3*1H2;. The van der Waals surface area contributed by atoms with Crippen LogP contribution in [0.25, 0.3) is 0 Å². The second-order valence-electron chi connectivity index (χ2n) is 0.908. The van der Waals surface area contributed by atoms with E-state index in [9.17, 15) is 4.79 Å². The Morgan fingerprint density at radius 3 is 1.00 bits per heavy atom. The Hall–Kier alpha value is 1.07. The predicted molar refractivity (Wildman–Crippen MR) is 55.1 cm³/mol. The SMILES string of the molecule is CC(C)=O.S.S.S.[S]. The molecule has 54 valence electrons. The lowest BCUT2D eigenvalue weighted by atomic mass is 10.6. The quantitative estimate of drug-likeness (QED) is 0.569. The average Bonchev–Trinajstić information content (AvgIpc) is 0.811. The van der Waals surface area contributed by atoms with Crippen LogP contribution in [-0.4, -0.2) is 5.78 Å². The van der Waals surface area contributed by atoms with Gasteiger partial charge in [0.2, 0.25) is 0 Å². The molecule has 0 aliphatic carbocycles. The highest BCUT2D eigenvalue weighted by Crippen LogP contribution is 1.50. The monoisotopic (exact) mass is 192 g/mol. The van der Waals surface area contributed by atoms with Crippen molar-refractivity contribution in [3.05, 3.63) is 0 Å². The first kappa shape index (κ1) is 35.7. The zero-order valence-corrected chi connectivity index (χ0v) is 8.63. The molecule has 0 heterocycles. The van der Waals surface area contributed by atoms with Crippen molar-refractivity contribution in [2.45, 2.75) is 13.8 Å². The molecule has 0 saturated heterocycles. The van der Waals surface area contributed by atoms with Crippen molar-refractivity contribution in [2.24, 2.45) is 0 Å². The van der Waals surface area contributed by atoms with Gasteiger partial charge in [-0.3, -0.25) is 0 Å². The Bertz CT molecular complexity index is 34.3. The molecule has 0 aromatic rings. The predicted octanol–water partition coefficient (Wildman–Crippen LogP) is 1.58. The third kappa shape index (κ3) is 228. The molecular weight excluding hydrogens is 180 g/mol.